The molecular formula is C20H17NO3. The lowest BCUT2D eigenvalue weighted by atomic mass is 10.1. The summed E-state index contributed by atoms with van der Waals surface area (Å²) in [5, 5.41) is 2.04. The predicted octanol–water partition coefficient (Wildman–Crippen LogP) is 4.44. The molecule has 0 bridgehead atoms. The Morgan fingerprint density at radius 2 is 1.79 bits per heavy atom. The van der Waals surface area contributed by atoms with Gasteiger partial charge in [-0.1, -0.05) is 0 Å². The molecule has 0 saturated heterocycles. The van der Waals surface area contributed by atoms with Crippen LogP contribution < -0.4 is 10.4 Å². The van der Waals surface area contributed by atoms with Crippen LogP contribution in [0, 0.1) is 0 Å². The van der Waals surface area contributed by atoms with Crippen LogP contribution in [0.5, 0.6) is 5.75 Å². The molecule has 0 aliphatic rings. The van der Waals surface area contributed by atoms with Crippen LogP contribution in [0.4, 0.5) is 0 Å². The number of hydrogen-bond donors (Lipinski definition) is 0. The van der Waals surface area contributed by atoms with E-state index in [0.29, 0.717) is 5.58 Å². The van der Waals surface area contributed by atoms with E-state index in [1.54, 1.807) is 7.11 Å². The molecule has 4 aromatic rings. The number of aryl methyl sites for hydroxylation is 1. The Kier molecular flexibility index (Phi) is 3.38. The van der Waals surface area contributed by atoms with Gasteiger partial charge >= 0.3 is 5.63 Å². The first-order valence-corrected chi connectivity index (χ1v) is 7.92. The molecule has 0 atom stereocenters. The van der Waals surface area contributed by atoms with Crippen molar-refractivity contribution in [3.05, 3.63) is 65.0 Å². The Morgan fingerprint density at radius 3 is 2.50 bits per heavy atom. The van der Waals surface area contributed by atoms with Gasteiger partial charge in [0.1, 0.15) is 11.3 Å². The highest BCUT2D eigenvalue weighted by atomic mass is 16.5. The maximum absolute atomic E-state index is 11.4. The number of methoxy groups -OCH3 is 1. The fraction of sp³-hybridized carbons (Fsp3) is 0.150. The Morgan fingerprint density at radius 1 is 1.00 bits per heavy atom. The summed E-state index contributed by atoms with van der Waals surface area (Å²) >= 11 is 0. The second-order valence-electron chi connectivity index (χ2n) is 5.67. The van der Waals surface area contributed by atoms with Crippen LogP contribution in [0.3, 0.4) is 0 Å². The minimum absolute atomic E-state index is 0.327. The number of nitrogens with zero attached hydrogens (tertiary/aromatic N) is 1. The van der Waals surface area contributed by atoms with Crippen molar-refractivity contribution in [2.75, 3.05) is 7.11 Å². The van der Waals surface area contributed by atoms with Gasteiger partial charge in [-0.2, -0.15) is 0 Å². The second-order valence-corrected chi connectivity index (χ2v) is 5.67. The third-order valence-corrected chi connectivity index (χ3v) is 4.39. The van der Waals surface area contributed by atoms with Gasteiger partial charge in [-0.3, -0.25) is 0 Å². The van der Waals surface area contributed by atoms with E-state index in [-0.39, 0.29) is 5.63 Å². The number of aromatic nitrogens is 1. The highest BCUT2D eigenvalue weighted by molar-refractivity contribution is 6.06. The standard InChI is InChI=1S/C20H17NO3/c1-3-21-17-9-10-19-15(8-11-20(22)24-19)16(17)12-18(21)13-4-6-14(23-2)7-5-13/h4-12H,3H2,1-2H3. The van der Waals surface area contributed by atoms with E-state index >= 15 is 0 Å². The molecule has 0 N–H and O–H groups in total. The Hall–Kier alpha value is -3.01. The molecular weight excluding hydrogens is 302 g/mol. The number of fused-ring (bicyclic) bond motifs is 3. The van der Waals surface area contributed by atoms with Gasteiger partial charge in [-0.25, -0.2) is 4.79 Å². The van der Waals surface area contributed by atoms with Crippen LogP contribution in [-0.2, 0) is 6.54 Å². The van der Waals surface area contributed by atoms with Crippen molar-refractivity contribution in [2.45, 2.75) is 13.5 Å². The molecule has 0 fully saturated rings. The molecule has 24 heavy (non-hydrogen) atoms. The zero-order chi connectivity index (χ0) is 16.7. The van der Waals surface area contributed by atoms with Crippen molar-refractivity contribution in [1.82, 2.24) is 4.57 Å². The van der Waals surface area contributed by atoms with Gasteiger partial charge in [0.2, 0.25) is 0 Å². The van der Waals surface area contributed by atoms with Crippen molar-refractivity contribution >= 4 is 21.9 Å². The van der Waals surface area contributed by atoms with Gasteiger partial charge in [0.05, 0.1) is 7.11 Å². The zero-order valence-corrected chi connectivity index (χ0v) is 13.6. The van der Waals surface area contributed by atoms with Gasteiger partial charge < -0.3 is 13.7 Å². The average Bonchev–Trinajstić information content (AvgIpc) is 3.00. The lowest BCUT2D eigenvalue weighted by Gasteiger charge is -2.09. The quantitative estimate of drug-likeness (QED) is 0.524. The predicted molar refractivity (Wildman–Crippen MR) is 95.6 cm³/mol. The van der Waals surface area contributed by atoms with Gasteiger partial charge in [-0.15, -0.1) is 0 Å². The van der Waals surface area contributed by atoms with E-state index in [1.807, 2.05) is 30.3 Å². The normalized spacial score (nSPS) is 11.2. The summed E-state index contributed by atoms with van der Waals surface area (Å²) in [6, 6.07) is 17.4. The van der Waals surface area contributed by atoms with Crippen molar-refractivity contribution in [2.24, 2.45) is 0 Å². The molecule has 4 rings (SSSR count). The second kappa shape index (κ2) is 5.57. The molecule has 4 nitrogen and oxygen atoms in total. The first-order valence-electron chi connectivity index (χ1n) is 7.92. The van der Waals surface area contributed by atoms with Crippen LogP contribution in [0.1, 0.15) is 6.92 Å². The van der Waals surface area contributed by atoms with Crippen LogP contribution in [0.2, 0.25) is 0 Å². The van der Waals surface area contributed by atoms with Gasteiger partial charge in [0.15, 0.2) is 0 Å². The average molecular weight is 319 g/mol. The minimum Gasteiger partial charge on any atom is -0.497 e. The molecule has 0 saturated carbocycles. The van der Waals surface area contributed by atoms with E-state index in [2.05, 4.69) is 29.7 Å². The fourth-order valence-corrected chi connectivity index (χ4v) is 3.23. The number of rotatable bonds is 3. The van der Waals surface area contributed by atoms with E-state index in [0.717, 1.165) is 39.8 Å². The minimum atomic E-state index is -0.327. The number of benzene rings is 2. The molecule has 2 heterocycles. The highest BCUT2D eigenvalue weighted by Gasteiger charge is 2.13. The summed E-state index contributed by atoms with van der Waals surface area (Å²) in [6.07, 6.45) is 0. The van der Waals surface area contributed by atoms with Gasteiger partial charge in [-0.05, 0) is 61.0 Å². The highest BCUT2D eigenvalue weighted by Crippen LogP contribution is 2.33. The summed E-state index contributed by atoms with van der Waals surface area (Å²) in [5.41, 5.74) is 3.68. The molecule has 0 aliphatic heterocycles. The Balaban J connectivity index is 2.01. The van der Waals surface area contributed by atoms with E-state index in [9.17, 15) is 4.79 Å². The molecule has 0 amide bonds. The van der Waals surface area contributed by atoms with Crippen LogP contribution >= 0.6 is 0 Å². The third kappa shape index (κ3) is 2.19. The van der Waals surface area contributed by atoms with Crippen LogP contribution in [0.25, 0.3) is 33.1 Å². The summed E-state index contributed by atoms with van der Waals surface area (Å²) in [6.45, 7) is 2.98. The smallest absolute Gasteiger partial charge is 0.336 e. The molecule has 120 valence electrons. The Bertz CT molecular complexity index is 1090. The molecule has 2 aromatic heterocycles. The topological polar surface area (TPSA) is 44.4 Å². The summed E-state index contributed by atoms with van der Waals surface area (Å²) < 4.78 is 12.8. The molecule has 0 spiro atoms. The molecule has 2 aromatic carbocycles. The van der Waals surface area contributed by atoms with E-state index in [4.69, 9.17) is 9.15 Å². The van der Waals surface area contributed by atoms with Crippen molar-refractivity contribution < 1.29 is 9.15 Å². The number of ether oxygens (including phenoxy) is 1. The van der Waals surface area contributed by atoms with Crippen molar-refractivity contribution in [3.8, 4) is 17.0 Å². The molecule has 0 unspecified atom stereocenters. The monoisotopic (exact) mass is 319 g/mol. The summed E-state index contributed by atoms with van der Waals surface area (Å²) in [5.74, 6) is 0.838. The lowest BCUT2D eigenvalue weighted by molar-refractivity contribution is 0.415. The van der Waals surface area contributed by atoms with E-state index in [1.165, 1.54) is 6.07 Å². The third-order valence-electron chi connectivity index (χ3n) is 4.39. The van der Waals surface area contributed by atoms with Crippen molar-refractivity contribution in [1.29, 1.82) is 0 Å². The lowest BCUT2D eigenvalue weighted by Crippen LogP contribution is -1.97. The van der Waals surface area contributed by atoms with Crippen molar-refractivity contribution in [3.63, 3.8) is 0 Å². The largest absolute Gasteiger partial charge is 0.497 e. The first kappa shape index (κ1) is 14.6. The maximum atomic E-state index is 11.4. The van der Waals surface area contributed by atoms with Gasteiger partial charge in [0.25, 0.3) is 0 Å². The van der Waals surface area contributed by atoms with E-state index < -0.39 is 0 Å². The SMILES string of the molecule is CCn1c(-c2ccc(OC)cc2)cc2c3ccc(=O)oc3ccc21. The fourth-order valence-electron chi connectivity index (χ4n) is 3.23. The van der Waals surface area contributed by atoms with Gasteiger partial charge in [0, 0.05) is 34.6 Å². The summed E-state index contributed by atoms with van der Waals surface area (Å²) in [7, 11) is 1.66. The Labute approximate surface area is 138 Å². The van der Waals surface area contributed by atoms with Crippen LogP contribution in [-0.4, -0.2) is 11.7 Å². The summed E-state index contributed by atoms with van der Waals surface area (Å²) in [4.78, 5) is 11.4. The molecule has 4 heteroatoms. The first-order chi connectivity index (χ1) is 11.7. The maximum Gasteiger partial charge on any atom is 0.336 e. The van der Waals surface area contributed by atoms with Crippen LogP contribution in [0.15, 0.2) is 63.8 Å². The number of hydrogen-bond acceptors (Lipinski definition) is 3. The molecule has 0 aliphatic carbocycles. The molecule has 0 radical (unpaired) electrons. The zero-order valence-electron chi connectivity index (χ0n) is 13.6.